The molecule has 0 radical (unpaired) electrons. The monoisotopic (exact) mass is 715 g/mol. The van der Waals surface area contributed by atoms with Crippen LogP contribution in [0.25, 0.3) is 100 Å². The van der Waals surface area contributed by atoms with Crippen LogP contribution < -0.4 is 0 Å². The van der Waals surface area contributed by atoms with Crippen LogP contribution in [-0.2, 0) is 0 Å². The summed E-state index contributed by atoms with van der Waals surface area (Å²) >= 11 is 0. The number of aromatic nitrogens is 5. The van der Waals surface area contributed by atoms with Crippen LogP contribution in [0.15, 0.2) is 200 Å². The Labute approximate surface area is 323 Å². The highest BCUT2D eigenvalue weighted by atomic mass is 15.2. The molecule has 0 bridgehead atoms. The van der Waals surface area contributed by atoms with Gasteiger partial charge in [0, 0.05) is 38.4 Å². The number of para-hydroxylation sites is 3. The molecule has 0 saturated heterocycles. The highest BCUT2D eigenvalue weighted by Crippen LogP contribution is 2.42. The molecule has 56 heavy (non-hydrogen) atoms. The highest BCUT2D eigenvalue weighted by molar-refractivity contribution is 6.26. The average Bonchev–Trinajstić information content (AvgIpc) is 3.80. The summed E-state index contributed by atoms with van der Waals surface area (Å²) < 4.78 is 4.61. The normalized spacial score (nSPS) is 11.6. The maximum absolute atomic E-state index is 5.32. The summed E-state index contributed by atoms with van der Waals surface area (Å²) in [5, 5.41) is 4.71. The van der Waals surface area contributed by atoms with E-state index in [-0.39, 0.29) is 0 Å². The predicted octanol–water partition coefficient (Wildman–Crippen LogP) is 12.7. The van der Waals surface area contributed by atoms with E-state index < -0.39 is 0 Å². The van der Waals surface area contributed by atoms with E-state index in [4.69, 9.17) is 15.0 Å². The second-order valence-electron chi connectivity index (χ2n) is 14.0. The van der Waals surface area contributed by atoms with Crippen LogP contribution in [-0.4, -0.2) is 24.1 Å². The van der Waals surface area contributed by atoms with E-state index in [9.17, 15) is 0 Å². The van der Waals surface area contributed by atoms with Gasteiger partial charge in [-0.2, -0.15) is 9.97 Å². The lowest BCUT2D eigenvalue weighted by Gasteiger charge is -2.13. The van der Waals surface area contributed by atoms with Crippen molar-refractivity contribution in [2.45, 2.75) is 0 Å². The van der Waals surface area contributed by atoms with Crippen LogP contribution >= 0.6 is 0 Å². The number of nitrogens with zero attached hydrogens (tertiary/aromatic N) is 5. The molecule has 11 aromatic rings. The Balaban J connectivity index is 1.18. The quantitative estimate of drug-likeness (QED) is 0.172. The van der Waals surface area contributed by atoms with E-state index in [1.54, 1.807) is 0 Å². The topological polar surface area (TPSA) is 48.5 Å². The van der Waals surface area contributed by atoms with Gasteiger partial charge in [0.25, 0.3) is 0 Å². The molecule has 0 saturated carbocycles. The third kappa shape index (κ3) is 5.13. The number of hydrogen-bond donors (Lipinski definition) is 0. The molecular formula is C51H33N5. The zero-order chi connectivity index (χ0) is 37.0. The molecule has 0 atom stereocenters. The van der Waals surface area contributed by atoms with Gasteiger partial charge in [-0.15, -0.1) is 0 Å². The van der Waals surface area contributed by atoms with Gasteiger partial charge in [0.2, 0.25) is 5.95 Å². The Morgan fingerprint density at radius 1 is 0.321 bits per heavy atom. The van der Waals surface area contributed by atoms with Crippen LogP contribution in [0.5, 0.6) is 0 Å². The van der Waals surface area contributed by atoms with Crippen molar-refractivity contribution in [3.8, 4) is 56.7 Å². The lowest BCUT2D eigenvalue weighted by atomic mass is 9.94. The second-order valence-corrected chi connectivity index (χ2v) is 14.0. The summed E-state index contributed by atoms with van der Waals surface area (Å²) in [4.78, 5) is 15.7. The SMILES string of the molecule is c1ccc(-c2nc(-c3cccc(-c4ccccc4-c4ccccc4)c3)nc(-n3c4ccccc4c4c3ccc3c5ccccc5n(-c5ccccc5)c34)n2)cc1. The molecule has 5 heteroatoms. The molecular weight excluding hydrogens is 683 g/mol. The van der Waals surface area contributed by atoms with E-state index >= 15 is 0 Å². The molecule has 3 heterocycles. The van der Waals surface area contributed by atoms with Gasteiger partial charge in [-0.05, 0) is 58.7 Å². The first kappa shape index (κ1) is 31.9. The van der Waals surface area contributed by atoms with Crippen molar-refractivity contribution in [2.24, 2.45) is 0 Å². The number of benzene rings is 8. The Morgan fingerprint density at radius 2 is 0.857 bits per heavy atom. The van der Waals surface area contributed by atoms with Crippen molar-refractivity contribution in [1.82, 2.24) is 24.1 Å². The summed E-state index contributed by atoms with van der Waals surface area (Å²) in [6.07, 6.45) is 0. The van der Waals surface area contributed by atoms with Gasteiger partial charge in [0.15, 0.2) is 11.6 Å². The van der Waals surface area contributed by atoms with Crippen molar-refractivity contribution < 1.29 is 0 Å². The molecule has 11 rings (SSSR count). The molecule has 0 aliphatic heterocycles. The Kier molecular flexibility index (Phi) is 7.42. The summed E-state index contributed by atoms with van der Waals surface area (Å²) in [7, 11) is 0. The molecule has 8 aromatic carbocycles. The smallest absolute Gasteiger partial charge is 0.238 e. The molecule has 0 amide bonds. The van der Waals surface area contributed by atoms with E-state index in [0.29, 0.717) is 17.6 Å². The van der Waals surface area contributed by atoms with Crippen LogP contribution in [0.1, 0.15) is 0 Å². The highest BCUT2D eigenvalue weighted by Gasteiger charge is 2.23. The molecule has 262 valence electrons. The Hall–Kier alpha value is -7.63. The first-order valence-corrected chi connectivity index (χ1v) is 18.9. The van der Waals surface area contributed by atoms with Crippen LogP contribution in [0.2, 0.25) is 0 Å². The van der Waals surface area contributed by atoms with E-state index in [0.717, 1.165) is 55.3 Å². The number of hydrogen-bond acceptors (Lipinski definition) is 3. The van der Waals surface area contributed by atoms with Gasteiger partial charge in [-0.1, -0.05) is 164 Å². The molecule has 0 spiro atoms. The number of rotatable bonds is 6. The Morgan fingerprint density at radius 3 is 1.59 bits per heavy atom. The first-order valence-electron chi connectivity index (χ1n) is 18.9. The van der Waals surface area contributed by atoms with Crippen molar-refractivity contribution in [3.05, 3.63) is 200 Å². The van der Waals surface area contributed by atoms with Crippen LogP contribution in [0.4, 0.5) is 0 Å². The summed E-state index contributed by atoms with van der Waals surface area (Å²) in [5.74, 6) is 1.79. The average molecular weight is 716 g/mol. The summed E-state index contributed by atoms with van der Waals surface area (Å²) in [6.45, 7) is 0. The summed E-state index contributed by atoms with van der Waals surface area (Å²) in [5.41, 5.74) is 11.9. The van der Waals surface area contributed by atoms with Gasteiger partial charge in [0.1, 0.15) is 0 Å². The molecule has 5 nitrogen and oxygen atoms in total. The minimum Gasteiger partial charge on any atom is -0.309 e. The molecule has 3 aromatic heterocycles. The maximum atomic E-state index is 5.32. The van der Waals surface area contributed by atoms with Gasteiger partial charge >= 0.3 is 0 Å². The van der Waals surface area contributed by atoms with Crippen LogP contribution in [0.3, 0.4) is 0 Å². The van der Waals surface area contributed by atoms with Crippen LogP contribution in [0, 0.1) is 0 Å². The van der Waals surface area contributed by atoms with E-state index in [1.807, 2.05) is 18.2 Å². The van der Waals surface area contributed by atoms with Crippen molar-refractivity contribution in [2.75, 3.05) is 0 Å². The molecule has 0 aliphatic carbocycles. The predicted molar refractivity (Wildman–Crippen MR) is 230 cm³/mol. The van der Waals surface area contributed by atoms with Crippen molar-refractivity contribution in [3.63, 3.8) is 0 Å². The van der Waals surface area contributed by atoms with Gasteiger partial charge in [0.05, 0.1) is 22.1 Å². The zero-order valence-corrected chi connectivity index (χ0v) is 30.3. The zero-order valence-electron chi connectivity index (χ0n) is 30.3. The largest absolute Gasteiger partial charge is 0.309 e. The fourth-order valence-corrected chi connectivity index (χ4v) is 8.31. The Bertz CT molecular complexity index is 3240. The first-order chi connectivity index (χ1) is 27.8. The molecule has 0 aliphatic rings. The van der Waals surface area contributed by atoms with Gasteiger partial charge < -0.3 is 4.57 Å². The maximum Gasteiger partial charge on any atom is 0.238 e. The summed E-state index contributed by atoms with van der Waals surface area (Å²) in [6, 6.07) is 70.2. The van der Waals surface area contributed by atoms with E-state index in [2.05, 4.69) is 191 Å². The van der Waals surface area contributed by atoms with Gasteiger partial charge in [-0.3, -0.25) is 4.57 Å². The fraction of sp³-hybridized carbons (Fsp3) is 0. The standard InChI is InChI=1S/C51H33N5/c1-4-17-34(18-5-1)39-25-10-11-26-40(39)36-21-16-22-37(33-36)50-52-49(35-19-6-2-7-20-35)53-51(54-50)56-45-30-15-13-28-43(45)47-46(56)32-31-42-41-27-12-14-29-44(41)55(48(42)47)38-23-8-3-9-24-38/h1-33H. The van der Waals surface area contributed by atoms with E-state index in [1.165, 1.54) is 27.4 Å². The molecule has 0 fully saturated rings. The minimum absolute atomic E-state index is 0.567. The fourth-order valence-electron chi connectivity index (χ4n) is 8.31. The second kappa shape index (κ2) is 13.0. The molecule has 0 N–H and O–H groups in total. The van der Waals surface area contributed by atoms with Gasteiger partial charge in [-0.25, -0.2) is 4.98 Å². The van der Waals surface area contributed by atoms with Crippen molar-refractivity contribution >= 4 is 43.6 Å². The number of fused-ring (bicyclic) bond motifs is 7. The minimum atomic E-state index is 0.567. The third-order valence-electron chi connectivity index (χ3n) is 10.8. The third-order valence-corrected chi connectivity index (χ3v) is 10.8. The lowest BCUT2D eigenvalue weighted by molar-refractivity contribution is 0.953. The van der Waals surface area contributed by atoms with Crippen molar-refractivity contribution in [1.29, 1.82) is 0 Å². The molecule has 0 unspecified atom stereocenters. The lowest BCUT2D eigenvalue weighted by Crippen LogP contribution is -2.06.